The van der Waals surface area contributed by atoms with E-state index in [1.165, 1.54) is 6.21 Å². The maximum atomic E-state index is 8.45. The molecule has 94 valence electrons. The molecule has 19 heavy (non-hydrogen) atoms. The van der Waals surface area contributed by atoms with Crippen molar-refractivity contribution in [2.45, 2.75) is 0 Å². The zero-order valence-corrected chi connectivity index (χ0v) is 10.5. The first-order valence-corrected chi connectivity index (χ1v) is 5.98. The van der Waals surface area contributed by atoms with Gasteiger partial charge >= 0.3 is 0 Å². The van der Waals surface area contributed by atoms with Gasteiger partial charge < -0.3 is 9.62 Å². The summed E-state index contributed by atoms with van der Waals surface area (Å²) in [5, 5.41) is 12.1. The van der Waals surface area contributed by atoms with Gasteiger partial charge in [0.25, 0.3) is 0 Å². The molecule has 1 heterocycles. The molecular weight excluding hydrogens is 264 g/mol. The van der Waals surface area contributed by atoms with Gasteiger partial charge in [-0.25, -0.2) is 4.98 Å². The number of nitrogens with zero attached hydrogens (tertiary/aromatic N) is 2. The van der Waals surface area contributed by atoms with Crippen LogP contribution in [0.3, 0.4) is 0 Å². The highest BCUT2D eigenvalue weighted by Gasteiger charge is 2.08. The maximum absolute atomic E-state index is 8.45. The van der Waals surface area contributed by atoms with Crippen LogP contribution in [0.15, 0.2) is 52.0 Å². The van der Waals surface area contributed by atoms with Crippen molar-refractivity contribution in [2.24, 2.45) is 5.16 Å². The number of benzene rings is 2. The number of halogens is 1. The van der Waals surface area contributed by atoms with Gasteiger partial charge in [0.1, 0.15) is 5.52 Å². The van der Waals surface area contributed by atoms with E-state index < -0.39 is 0 Å². The Hall–Kier alpha value is -2.33. The molecule has 0 radical (unpaired) electrons. The summed E-state index contributed by atoms with van der Waals surface area (Å²) in [4.78, 5) is 4.39. The fourth-order valence-corrected chi connectivity index (χ4v) is 1.97. The fourth-order valence-electron chi connectivity index (χ4n) is 1.80. The molecule has 1 aromatic heterocycles. The van der Waals surface area contributed by atoms with Crippen LogP contribution in [0, 0.1) is 0 Å². The quantitative estimate of drug-likeness (QED) is 0.436. The second kappa shape index (κ2) is 4.74. The van der Waals surface area contributed by atoms with Gasteiger partial charge in [-0.05, 0) is 35.9 Å². The Morgan fingerprint density at radius 3 is 2.68 bits per heavy atom. The molecule has 0 unspecified atom stereocenters. The van der Waals surface area contributed by atoms with Crippen LogP contribution in [-0.2, 0) is 0 Å². The second-order valence-corrected chi connectivity index (χ2v) is 4.43. The standard InChI is InChI=1S/C14H9ClN2O2/c15-11-5-6-13-12(7-11)17-14(19-13)10-3-1-9(2-4-10)8-16-18/h1-8,18H/b16-8+. The lowest BCUT2D eigenvalue weighted by Crippen LogP contribution is -1.82. The number of oxazole rings is 1. The van der Waals surface area contributed by atoms with Gasteiger partial charge in [-0.3, -0.25) is 0 Å². The van der Waals surface area contributed by atoms with Crippen molar-refractivity contribution in [1.29, 1.82) is 0 Å². The van der Waals surface area contributed by atoms with Crippen molar-refractivity contribution in [3.05, 3.63) is 53.1 Å². The summed E-state index contributed by atoms with van der Waals surface area (Å²) >= 11 is 5.91. The molecule has 0 aliphatic carbocycles. The molecule has 0 aliphatic heterocycles. The molecule has 0 spiro atoms. The lowest BCUT2D eigenvalue weighted by molar-refractivity contribution is 0.322. The Morgan fingerprint density at radius 2 is 1.95 bits per heavy atom. The van der Waals surface area contributed by atoms with Crippen LogP contribution in [0.4, 0.5) is 0 Å². The molecule has 0 aliphatic rings. The van der Waals surface area contributed by atoms with Gasteiger partial charge in [0.2, 0.25) is 5.89 Å². The topological polar surface area (TPSA) is 58.6 Å². The molecule has 3 rings (SSSR count). The van der Waals surface area contributed by atoms with Crippen LogP contribution in [0.2, 0.25) is 5.02 Å². The van der Waals surface area contributed by atoms with Crippen molar-refractivity contribution in [2.75, 3.05) is 0 Å². The molecule has 4 nitrogen and oxygen atoms in total. The van der Waals surface area contributed by atoms with Gasteiger partial charge in [-0.2, -0.15) is 0 Å². The first-order valence-electron chi connectivity index (χ1n) is 5.60. The summed E-state index contributed by atoms with van der Waals surface area (Å²) in [5.41, 5.74) is 3.07. The van der Waals surface area contributed by atoms with Gasteiger partial charge in [-0.1, -0.05) is 28.9 Å². The Kier molecular flexibility index (Phi) is 2.93. The van der Waals surface area contributed by atoms with E-state index in [0.29, 0.717) is 16.5 Å². The number of aromatic nitrogens is 1. The predicted molar refractivity (Wildman–Crippen MR) is 73.8 cm³/mol. The number of hydrogen-bond donors (Lipinski definition) is 1. The summed E-state index contributed by atoms with van der Waals surface area (Å²) in [7, 11) is 0. The van der Waals surface area contributed by atoms with Crippen LogP contribution in [-0.4, -0.2) is 16.4 Å². The van der Waals surface area contributed by atoms with E-state index in [-0.39, 0.29) is 0 Å². The summed E-state index contributed by atoms with van der Waals surface area (Å²) in [6.45, 7) is 0. The van der Waals surface area contributed by atoms with Gasteiger partial charge in [0.05, 0.1) is 6.21 Å². The van der Waals surface area contributed by atoms with Crippen LogP contribution in [0.5, 0.6) is 0 Å². The summed E-state index contributed by atoms with van der Waals surface area (Å²) in [6, 6.07) is 12.7. The van der Waals surface area contributed by atoms with E-state index in [9.17, 15) is 0 Å². The largest absolute Gasteiger partial charge is 0.436 e. The van der Waals surface area contributed by atoms with E-state index in [1.54, 1.807) is 18.2 Å². The van der Waals surface area contributed by atoms with E-state index in [4.69, 9.17) is 21.2 Å². The van der Waals surface area contributed by atoms with Crippen molar-refractivity contribution in [3.63, 3.8) is 0 Å². The normalized spacial score (nSPS) is 11.4. The van der Waals surface area contributed by atoms with Crippen LogP contribution < -0.4 is 0 Å². The van der Waals surface area contributed by atoms with Gasteiger partial charge in [0, 0.05) is 10.6 Å². The Bertz CT molecular complexity index is 748. The summed E-state index contributed by atoms with van der Waals surface area (Å²) in [6.07, 6.45) is 1.36. The van der Waals surface area contributed by atoms with Crippen molar-refractivity contribution in [1.82, 2.24) is 4.98 Å². The molecule has 0 fully saturated rings. The highest BCUT2D eigenvalue weighted by Crippen LogP contribution is 2.26. The van der Waals surface area contributed by atoms with Crippen molar-refractivity contribution >= 4 is 28.9 Å². The minimum atomic E-state index is 0.532. The maximum Gasteiger partial charge on any atom is 0.227 e. The zero-order valence-electron chi connectivity index (χ0n) is 9.75. The third-order valence-corrected chi connectivity index (χ3v) is 2.95. The van der Waals surface area contributed by atoms with E-state index >= 15 is 0 Å². The lowest BCUT2D eigenvalue weighted by atomic mass is 10.1. The molecule has 0 bridgehead atoms. The number of oxime groups is 1. The van der Waals surface area contributed by atoms with Crippen molar-refractivity contribution < 1.29 is 9.62 Å². The third kappa shape index (κ3) is 2.30. The van der Waals surface area contributed by atoms with Gasteiger partial charge in [0.15, 0.2) is 5.58 Å². The van der Waals surface area contributed by atoms with Crippen LogP contribution in [0.1, 0.15) is 5.56 Å². The smallest absolute Gasteiger partial charge is 0.227 e. The third-order valence-electron chi connectivity index (χ3n) is 2.71. The second-order valence-electron chi connectivity index (χ2n) is 4.00. The number of hydrogen-bond acceptors (Lipinski definition) is 4. The molecule has 1 N–H and O–H groups in total. The average molecular weight is 273 g/mol. The monoisotopic (exact) mass is 272 g/mol. The fraction of sp³-hybridized carbons (Fsp3) is 0. The van der Waals surface area contributed by atoms with E-state index in [1.807, 2.05) is 24.3 Å². The number of fused-ring (bicyclic) bond motifs is 1. The SMILES string of the molecule is O/N=C/c1ccc(-c2nc3cc(Cl)ccc3o2)cc1. The minimum Gasteiger partial charge on any atom is -0.436 e. The Labute approximate surface area is 113 Å². The summed E-state index contributed by atoms with van der Waals surface area (Å²) < 4.78 is 5.66. The average Bonchev–Trinajstić information content (AvgIpc) is 2.83. The highest BCUT2D eigenvalue weighted by molar-refractivity contribution is 6.31. The zero-order chi connectivity index (χ0) is 13.2. The molecule has 0 atom stereocenters. The molecule has 0 amide bonds. The van der Waals surface area contributed by atoms with Gasteiger partial charge in [-0.15, -0.1) is 0 Å². The highest BCUT2D eigenvalue weighted by atomic mass is 35.5. The Morgan fingerprint density at radius 1 is 1.16 bits per heavy atom. The summed E-state index contributed by atoms with van der Waals surface area (Å²) in [5.74, 6) is 0.532. The molecule has 0 saturated carbocycles. The molecule has 3 aromatic rings. The molecule has 2 aromatic carbocycles. The Balaban J connectivity index is 2.03. The van der Waals surface area contributed by atoms with E-state index in [0.717, 1.165) is 16.6 Å². The number of rotatable bonds is 2. The van der Waals surface area contributed by atoms with Crippen LogP contribution >= 0.6 is 11.6 Å². The first kappa shape index (κ1) is 11.7. The molecular formula is C14H9ClN2O2. The lowest BCUT2D eigenvalue weighted by Gasteiger charge is -1.95. The van der Waals surface area contributed by atoms with Crippen LogP contribution in [0.25, 0.3) is 22.6 Å². The molecule has 0 saturated heterocycles. The van der Waals surface area contributed by atoms with Crippen molar-refractivity contribution in [3.8, 4) is 11.5 Å². The minimum absolute atomic E-state index is 0.532. The van der Waals surface area contributed by atoms with E-state index in [2.05, 4.69) is 10.1 Å². The molecule has 5 heteroatoms. The first-order chi connectivity index (χ1) is 9.26. The predicted octanol–water partition coefficient (Wildman–Crippen LogP) is 3.96.